The summed E-state index contributed by atoms with van der Waals surface area (Å²) in [6.07, 6.45) is 1.19. The first-order valence-corrected chi connectivity index (χ1v) is 8.29. The van der Waals surface area contributed by atoms with Gasteiger partial charge in [0.25, 0.3) is 0 Å². The summed E-state index contributed by atoms with van der Waals surface area (Å²) in [7, 11) is -2.93. The molecule has 4 nitrogen and oxygen atoms in total. The van der Waals surface area contributed by atoms with Gasteiger partial charge in [0.2, 0.25) is 5.91 Å². The van der Waals surface area contributed by atoms with E-state index < -0.39 is 9.84 Å². The van der Waals surface area contributed by atoms with Gasteiger partial charge in [0.15, 0.2) is 0 Å². The number of nitrogens with one attached hydrogen (secondary N) is 1. The molecule has 0 fully saturated rings. The Hall–Kier alpha value is -1.01. The first kappa shape index (κ1) is 14.1. The fourth-order valence-electron chi connectivity index (χ4n) is 1.09. The van der Waals surface area contributed by atoms with E-state index in [-0.39, 0.29) is 17.4 Å². The smallest absolute Gasteiger partial charge is 0.234 e. The van der Waals surface area contributed by atoms with Crippen LogP contribution in [0.1, 0.15) is 0 Å². The van der Waals surface area contributed by atoms with Gasteiger partial charge in [-0.05, 0) is 12.1 Å². The number of benzene rings is 1. The van der Waals surface area contributed by atoms with Crippen molar-refractivity contribution in [1.29, 1.82) is 0 Å². The molecular formula is C11H15NO3S2. The number of hydrogen-bond donors (Lipinski definition) is 1. The van der Waals surface area contributed by atoms with Gasteiger partial charge in [-0.25, -0.2) is 8.42 Å². The molecule has 0 aliphatic carbocycles. The second kappa shape index (κ2) is 6.66. The molecular weight excluding hydrogens is 258 g/mol. The van der Waals surface area contributed by atoms with Gasteiger partial charge in [0.05, 0.1) is 11.5 Å². The molecule has 0 saturated carbocycles. The maximum atomic E-state index is 11.5. The van der Waals surface area contributed by atoms with Crippen molar-refractivity contribution in [3.05, 3.63) is 30.3 Å². The highest BCUT2D eigenvalue weighted by molar-refractivity contribution is 8.01. The molecule has 1 rings (SSSR count). The van der Waals surface area contributed by atoms with E-state index in [0.29, 0.717) is 5.75 Å². The van der Waals surface area contributed by atoms with Gasteiger partial charge in [0, 0.05) is 17.7 Å². The van der Waals surface area contributed by atoms with Crippen molar-refractivity contribution in [2.24, 2.45) is 0 Å². The fraction of sp³-hybridized carbons (Fsp3) is 0.364. The minimum Gasteiger partial charge on any atom is -0.325 e. The molecule has 0 spiro atoms. The first-order chi connectivity index (χ1) is 7.97. The first-order valence-electron chi connectivity index (χ1n) is 5.08. The Morgan fingerprint density at radius 1 is 1.29 bits per heavy atom. The van der Waals surface area contributed by atoms with Crippen molar-refractivity contribution in [3.63, 3.8) is 0 Å². The predicted octanol–water partition coefficient (Wildman–Crippen LogP) is 1.40. The van der Waals surface area contributed by atoms with E-state index in [0.717, 1.165) is 5.69 Å². The Labute approximate surface area is 106 Å². The van der Waals surface area contributed by atoms with Crippen molar-refractivity contribution in [3.8, 4) is 0 Å². The van der Waals surface area contributed by atoms with Crippen molar-refractivity contribution in [2.75, 3.05) is 28.8 Å². The third-order valence-electron chi connectivity index (χ3n) is 1.89. The Balaban J connectivity index is 2.23. The lowest BCUT2D eigenvalue weighted by molar-refractivity contribution is -0.113. The summed E-state index contributed by atoms with van der Waals surface area (Å²) in [5.74, 6) is 0.705. The Bertz CT molecular complexity index is 457. The summed E-state index contributed by atoms with van der Waals surface area (Å²) in [4.78, 5) is 11.5. The molecule has 1 aromatic carbocycles. The molecule has 1 aromatic rings. The molecule has 1 amide bonds. The van der Waals surface area contributed by atoms with Crippen LogP contribution in [0.3, 0.4) is 0 Å². The number of thioether (sulfide) groups is 1. The molecule has 94 valence electrons. The number of para-hydroxylation sites is 1. The van der Waals surface area contributed by atoms with Crippen molar-refractivity contribution < 1.29 is 13.2 Å². The molecule has 0 aromatic heterocycles. The van der Waals surface area contributed by atoms with Gasteiger partial charge in [-0.2, -0.15) is 11.8 Å². The van der Waals surface area contributed by atoms with E-state index in [1.54, 1.807) is 12.1 Å². The maximum absolute atomic E-state index is 11.5. The second-order valence-electron chi connectivity index (χ2n) is 3.60. The number of sulfone groups is 1. The van der Waals surface area contributed by atoms with E-state index in [9.17, 15) is 13.2 Å². The standard InChI is InChI=1S/C11H15NO3S2/c1-17(14,15)8-7-16-9-11(13)12-10-5-3-2-4-6-10/h2-6H,7-9H2,1H3,(H,12,13). The highest BCUT2D eigenvalue weighted by atomic mass is 32.2. The van der Waals surface area contributed by atoms with Gasteiger partial charge in [0.1, 0.15) is 9.84 Å². The molecule has 0 saturated heterocycles. The number of amides is 1. The van der Waals surface area contributed by atoms with E-state index in [4.69, 9.17) is 0 Å². The van der Waals surface area contributed by atoms with Crippen LogP contribution in [-0.2, 0) is 14.6 Å². The van der Waals surface area contributed by atoms with Crippen molar-refractivity contribution in [2.45, 2.75) is 0 Å². The predicted molar refractivity (Wildman–Crippen MR) is 72.1 cm³/mol. The van der Waals surface area contributed by atoms with E-state index in [1.165, 1.54) is 18.0 Å². The highest BCUT2D eigenvalue weighted by Gasteiger charge is 2.05. The van der Waals surface area contributed by atoms with Crippen LogP contribution in [0, 0.1) is 0 Å². The van der Waals surface area contributed by atoms with Gasteiger partial charge in [-0.1, -0.05) is 18.2 Å². The molecule has 1 N–H and O–H groups in total. The van der Waals surface area contributed by atoms with Crippen molar-refractivity contribution >= 4 is 33.2 Å². The minimum absolute atomic E-state index is 0.107. The molecule has 6 heteroatoms. The van der Waals surface area contributed by atoms with Crippen LogP contribution in [-0.4, -0.2) is 37.8 Å². The average Bonchev–Trinajstić information content (AvgIpc) is 2.25. The van der Waals surface area contributed by atoms with Crippen LogP contribution in [0.2, 0.25) is 0 Å². The summed E-state index contributed by atoms with van der Waals surface area (Å²) in [6, 6.07) is 9.16. The molecule has 0 radical (unpaired) electrons. The highest BCUT2D eigenvalue weighted by Crippen LogP contribution is 2.07. The largest absolute Gasteiger partial charge is 0.325 e. The molecule has 0 atom stereocenters. The maximum Gasteiger partial charge on any atom is 0.234 e. The molecule has 0 aliphatic rings. The van der Waals surface area contributed by atoms with Crippen LogP contribution >= 0.6 is 11.8 Å². The third kappa shape index (κ3) is 7.01. The summed E-state index contributed by atoms with van der Waals surface area (Å²) < 4.78 is 21.7. The lowest BCUT2D eigenvalue weighted by Crippen LogP contribution is -2.15. The summed E-state index contributed by atoms with van der Waals surface area (Å²) in [5.41, 5.74) is 0.751. The fourth-order valence-corrected chi connectivity index (χ4v) is 3.18. The number of carbonyl (C=O) groups is 1. The molecule has 0 aliphatic heterocycles. The lowest BCUT2D eigenvalue weighted by Gasteiger charge is -2.04. The average molecular weight is 273 g/mol. The van der Waals surface area contributed by atoms with Gasteiger partial charge in [-0.15, -0.1) is 0 Å². The van der Waals surface area contributed by atoms with Crippen LogP contribution in [0.25, 0.3) is 0 Å². The van der Waals surface area contributed by atoms with Crippen LogP contribution in [0.4, 0.5) is 5.69 Å². The number of anilines is 1. The third-order valence-corrected chi connectivity index (χ3v) is 4.05. The number of carbonyl (C=O) groups excluding carboxylic acids is 1. The van der Waals surface area contributed by atoms with Crippen LogP contribution < -0.4 is 5.32 Å². The Morgan fingerprint density at radius 3 is 2.53 bits per heavy atom. The van der Waals surface area contributed by atoms with E-state index >= 15 is 0 Å². The Kier molecular flexibility index (Phi) is 5.50. The topological polar surface area (TPSA) is 63.2 Å². The normalized spacial score (nSPS) is 11.1. The van der Waals surface area contributed by atoms with Gasteiger partial charge in [-0.3, -0.25) is 4.79 Å². The van der Waals surface area contributed by atoms with Crippen LogP contribution in [0.15, 0.2) is 30.3 Å². The van der Waals surface area contributed by atoms with Crippen LogP contribution in [0.5, 0.6) is 0 Å². The SMILES string of the molecule is CS(=O)(=O)CCSCC(=O)Nc1ccccc1. The molecule has 0 heterocycles. The summed E-state index contributed by atoms with van der Waals surface area (Å²) in [5, 5.41) is 2.73. The molecule has 0 unspecified atom stereocenters. The second-order valence-corrected chi connectivity index (χ2v) is 6.96. The zero-order valence-electron chi connectivity index (χ0n) is 9.55. The molecule has 17 heavy (non-hydrogen) atoms. The zero-order valence-corrected chi connectivity index (χ0v) is 11.2. The number of rotatable bonds is 6. The van der Waals surface area contributed by atoms with Gasteiger partial charge >= 0.3 is 0 Å². The number of hydrogen-bond acceptors (Lipinski definition) is 4. The summed E-state index contributed by atoms with van der Waals surface area (Å²) in [6.45, 7) is 0. The van der Waals surface area contributed by atoms with Crippen molar-refractivity contribution in [1.82, 2.24) is 0 Å². The Morgan fingerprint density at radius 2 is 1.94 bits per heavy atom. The monoisotopic (exact) mass is 273 g/mol. The van der Waals surface area contributed by atoms with E-state index in [2.05, 4.69) is 5.32 Å². The zero-order chi connectivity index (χ0) is 12.7. The minimum atomic E-state index is -2.93. The molecule has 0 bridgehead atoms. The van der Waals surface area contributed by atoms with E-state index in [1.807, 2.05) is 18.2 Å². The lowest BCUT2D eigenvalue weighted by atomic mass is 10.3. The summed E-state index contributed by atoms with van der Waals surface area (Å²) >= 11 is 1.32. The quantitative estimate of drug-likeness (QED) is 0.796. The van der Waals surface area contributed by atoms with Gasteiger partial charge < -0.3 is 5.32 Å².